The number of ether oxygens (including phenoxy) is 2. The number of carbonyl (C=O) groups is 1. The Morgan fingerprint density at radius 3 is 2.45 bits per heavy atom. The summed E-state index contributed by atoms with van der Waals surface area (Å²) < 4.78 is 13.8. The number of nitrogens with one attached hydrogen (secondary N) is 1. The number of amides is 1. The highest BCUT2D eigenvalue weighted by atomic mass is 79.9. The first-order valence-electron chi connectivity index (χ1n) is 8.96. The standard InChI is InChI=1S/C20H21BrN4O3S/c1-3-25-18(12-28-17-8-4-14(21)5-9-17)23-24-20(25)29-13-19(26)22-15-6-10-16(27-2)11-7-15/h4-11H,3,12-13H2,1-2H3,(H,22,26). The molecule has 29 heavy (non-hydrogen) atoms. The molecule has 0 aliphatic carbocycles. The first-order chi connectivity index (χ1) is 14.1. The zero-order valence-corrected chi connectivity index (χ0v) is 18.5. The molecule has 152 valence electrons. The van der Waals surface area contributed by atoms with Crippen molar-refractivity contribution in [1.29, 1.82) is 0 Å². The average molecular weight is 477 g/mol. The number of nitrogens with zero attached hydrogens (tertiary/aromatic N) is 3. The number of hydrogen-bond donors (Lipinski definition) is 1. The topological polar surface area (TPSA) is 78.3 Å². The van der Waals surface area contributed by atoms with E-state index in [4.69, 9.17) is 9.47 Å². The van der Waals surface area contributed by atoms with E-state index < -0.39 is 0 Å². The molecule has 1 aromatic heterocycles. The van der Waals surface area contributed by atoms with Gasteiger partial charge in [-0.2, -0.15) is 0 Å². The summed E-state index contributed by atoms with van der Waals surface area (Å²) in [5, 5.41) is 12.0. The number of halogens is 1. The molecule has 1 N–H and O–H groups in total. The minimum Gasteiger partial charge on any atom is -0.497 e. The zero-order chi connectivity index (χ0) is 20.6. The molecule has 0 saturated heterocycles. The number of methoxy groups -OCH3 is 1. The Hall–Kier alpha value is -2.52. The summed E-state index contributed by atoms with van der Waals surface area (Å²) in [5.41, 5.74) is 0.719. The van der Waals surface area contributed by atoms with E-state index in [2.05, 4.69) is 31.4 Å². The molecule has 0 bridgehead atoms. The van der Waals surface area contributed by atoms with E-state index in [0.717, 1.165) is 21.7 Å². The third-order valence-electron chi connectivity index (χ3n) is 4.00. The van der Waals surface area contributed by atoms with Gasteiger partial charge in [0.05, 0.1) is 12.9 Å². The Labute approximate surface area is 181 Å². The quantitative estimate of drug-likeness (QED) is 0.461. The van der Waals surface area contributed by atoms with Gasteiger partial charge in [-0.25, -0.2) is 0 Å². The minimum absolute atomic E-state index is 0.113. The molecule has 0 unspecified atom stereocenters. The van der Waals surface area contributed by atoms with Gasteiger partial charge in [-0.05, 0) is 55.5 Å². The van der Waals surface area contributed by atoms with Crippen molar-refractivity contribution < 1.29 is 14.3 Å². The van der Waals surface area contributed by atoms with Gasteiger partial charge < -0.3 is 19.4 Å². The van der Waals surface area contributed by atoms with E-state index in [-0.39, 0.29) is 11.7 Å². The van der Waals surface area contributed by atoms with Crippen molar-refractivity contribution >= 4 is 39.3 Å². The fourth-order valence-corrected chi connectivity index (χ4v) is 3.62. The van der Waals surface area contributed by atoms with Gasteiger partial charge in [-0.3, -0.25) is 4.79 Å². The van der Waals surface area contributed by atoms with Crippen LogP contribution in [0.3, 0.4) is 0 Å². The van der Waals surface area contributed by atoms with Crippen LogP contribution in [-0.4, -0.2) is 33.5 Å². The number of carbonyl (C=O) groups excluding carboxylic acids is 1. The fourth-order valence-electron chi connectivity index (χ4n) is 2.53. The predicted molar refractivity (Wildman–Crippen MR) is 117 cm³/mol. The molecule has 1 amide bonds. The van der Waals surface area contributed by atoms with Gasteiger partial charge in [0.2, 0.25) is 5.91 Å². The fraction of sp³-hybridized carbons (Fsp3) is 0.250. The van der Waals surface area contributed by atoms with Crippen LogP contribution in [0.25, 0.3) is 0 Å². The van der Waals surface area contributed by atoms with E-state index >= 15 is 0 Å². The van der Waals surface area contributed by atoms with Crippen LogP contribution in [-0.2, 0) is 17.9 Å². The van der Waals surface area contributed by atoms with Gasteiger partial charge in [0, 0.05) is 16.7 Å². The number of aromatic nitrogens is 3. The lowest BCUT2D eigenvalue weighted by Gasteiger charge is -2.09. The molecular weight excluding hydrogens is 456 g/mol. The predicted octanol–water partition coefficient (Wildman–Crippen LogP) is 4.38. The van der Waals surface area contributed by atoms with E-state index in [1.165, 1.54) is 11.8 Å². The van der Waals surface area contributed by atoms with Gasteiger partial charge in [0.1, 0.15) is 18.1 Å². The molecule has 0 radical (unpaired) electrons. The van der Waals surface area contributed by atoms with Crippen molar-refractivity contribution in [3.8, 4) is 11.5 Å². The maximum atomic E-state index is 12.2. The van der Waals surface area contributed by atoms with Crippen molar-refractivity contribution in [3.63, 3.8) is 0 Å². The van der Waals surface area contributed by atoms with Crippen molar-refractivity contribution in [2.45, 2.75) is 25.2 Å². The monoisotopic (exact) mass is 476 g/mol. The minimum atomic E-state index is -0.113. The Morgan fingerprint density at radius 2 is 1.79 bits per heavy atom. The molecule has 0 aliphatic heterocycles. The summed E-state index contributed by atoms with van der Waals surface area (Å²) in [6, 6.07) is 14.8. The number of thioether (sulfide) groups is 1. The highest BCUT2D eigenvalue weighted by Crippen LogP contribution is 2.21. The second-order valence-electron chi connectivity index (χ2n) is 5.95. The van der Waals surface area contributed by atoms with Gasteiger partial charge in [0.25, 0.3) is 0 Å². The van der Waals surface area contributed by atoms with Crippen LogP contribution in [0.1, 0.15) is 12.7 Å². The maximum Gasteiger partial charge on any atom is 0.234 e. The molecule has 0 atom stereocenters. The van der Waals surface area contributed by atoms with Crippen LogP contribution in [0, 0.1) is 0 Å². The Bertz CT molecular complexity index is 945. The third kappa shape index (κ3) is 5.98. The van der Waals surface area contributed by atoms with Crippen LogP contribution in [0.4, 0.5) is 5.69 Å². The molecule has 0 saturated carbocycles. The van der Waals surface area contributed by atoms with E-state index in [1.54, 1.807) is 31.4 Å². The first-order valence-corrected chi connectivity index (χ1v) is 10.7. The van der Waals surface area contributed by atoms with Crippen LogP contribution in [0.5, 0.6) is 11.5 Å². The summed E-state index contributed by atoms with van der Waals surface area (Å²) in [6.45, 7) is 3.00. The normalized spacial score (nSPS) is 10.6. The van der Waals surface area contributed by atoms with Crippen molar-refractivity contribution in [2.75, 3.05) is 18.2 Å². The van der Waals surface area contributed by atoms with Crippen LogP contribution >= 0.6 is 27.7 Å². The Balaban J connectivity index is 1.54. The van der Waals surface area contributed by atoms with Crippen molar-refractivity contribution in [1.82, 2.24) is 14.8 Å². The number of anilines is 1. The van der Waals surface area contributed by atoms with Gasteiger partial charge in [-0.15, -0.1) is 10.2 Å². The molecule has 1 heterocycles. The number of rotatable bonds is 9. The summed E-state index contributed by atoms with van der Waals surface area (Å²) in [7, 11) is 1.60. The SMILES string of the molecule is CCn1c(COc2ccc(Br)cc2)nnc1SCC(=O)Nc1ccc(OC)cc1. The van der Waals surface area contributed by atoms with E-state index in [1.807, 2.05) is 35.8 Å². The lowest BCUT2D eigenvalue weighted by atomic mass is 10.3. The summed E-state index contributed by atoms with van der Waals surface area (Å²) in [5.74, 6) is 2.34. The number of benzene rings is 2. The second-order valence-corrected chi connectivity index (χ2v) is 7.81. The maximum absolute atomic E-state index is 12.2. The Kier molecular flexibility index (Phi) is 7.54. The molecule has 0 fully saturated rings. The first kappa shape index (κ1) is 21.2. The largest absolute Gasteiger partial charge is 0.497 e. The van der Waals surface area contributed by atoms with Gasteiger partial charge in [-0.1, -0.05) is 27.7 Å². The van der Waals surface area contributed by atoms with Crippen molar-refractivity contribution in [2.24, 2.45) is 0 Å². The third-order valence-corrected chi connectivity index (χ3v) is 5.49. The van der Waals surface area contributed by atoms with Crippen molar-refractivity contribution in [3.05, 3.63) is 58.8 Å². The van der Waals surface area contributed by atoms with Gasteiger partial charge in [0.15, 0.2) is 11.0 Å². The van der Waals surface area contributed by atoms with E-state index in [9.17, 15) is 4.79 Å². The molecular formula is C20H21BrN4O3S. The lowest BCUT2D eigenvalue weighted by molar-refractivity contribution is -0.113. The number of hydrogen-bond acceptors (Lipinski definition) is 6. The average Bonchev–Trinajstić information content (AvgIpc) is 3.14. The summed E-state index contributed by atoms with van der Waals surface area (Å²) in [6.07, 6.45) is 0. The molecule has 7 nitrogen and oxygen atoms in total. The molecule has 3 aromatic rings. The summed E-state index contributed by atoms with van der Waals surface area (Å²) >= 11 is 4.74. The Morgan fingerprint density at radius 1 is 1.10 bits per heavy atom. The summed E-state index contributed by atoms with van der Waals surface area (Å²) in [4.78, 5) is 12.2. The van der Waals surface area contributed by atoms with Crippen LogP contribution < -0.4 is 14.8 Å². The van der Waals surface area contributed by atoms with E-state index in [0.29, 0.717) is 24.1 Å². The molecule has 9 heteroatoms. The highest BCUT2D eigenvalue weighted by Gasteiger charge is 2.14. The van der Waals surface area contributed by atoms with Gasteiger partial charge >= 0.3 is 0 Å². The molecule has 0 spiro atoms. The van der Waals surface area contributed by atoms with Crippen LogP contribution in [0.15, 0.2) is 58.2 Å². The smallest absolute Gasteiger partial charge is 0.234 e. The lowest BCUT2D eigenvalue weighted by Crippen LogP contribution is -2.14. The zero-order valence-electron chi connectivity index (χ0n) is 16.1. The molecule has 0 aliphatic rings. The molecule has 2 aromatic carbocycles. The highest BCUT2D eigenvalue weighted by molar-refractivity contribution is 9.10. The molecule has 3 rings (SSSR count). The van der Waals surface area contributed by atoms with Crippen LogP contribution in [0.2, 0.25) is 0 Å². The second kappa shape index (κ2) is 10.3.